The van der Waals surface area contributed by atoms with Gasteiger partial charge in [0.25, 0.3) is 0 Å². The van der Waals surface area contributed by atoms with Crippen molar-refractivity contribution in [2.24, 2.45) is 0 Å². The van der Waals surface area contributed by atoms with Gasteiger partial charge in [0.1, 0.15) is 17.2 Å². The van der Waals surface area contributed by atoms with Crippen LogP contribution < -0.4 is 0 Å². The van der Waals surface area contributed by atoms with Crippen molar-refractivity contribution in [1.82, 2.24) is 14.8 Å². The second-order valence-electron chi connectivity index (χ2n) is 3.91. The summed E-state index contributed by atoms with van der Waals surface area (Å²) in [6, 6.07) is 7.25. The van der Waals surface area contributed by atoms with Crippen molar-refractivity contribution in [1.29, 1.82) is 0 Å². The third kappa shape index (κ3) is 1.83. The molecular formula is C13H8FN3O2. The molecule has 0 unspecified atom stereocenters. The summed E-state index contributed by atoms with van der Waals surface area (Å²) in [5.41, 5.74) is 0.587. The number of carboxylic acids is 1. The highest BCUT2D eigenvalue weighted by Gasteiger charge is 2.13. The molecule has 1 N–H and O–H groups in total. The maximum Gasteiger partial charge on any atom is 0.354 e. The minimum Gasteiger partial charge on any atom is -0.477 e. The zero-order valence-corrected chi connectivity index (χ0v) is 9.62. The number of carboxylic acid groups (broad SMARTS) is 1. The van der Waals surface area contributed by atoms with Crippen LogP contribution in [0.3, 0.4) is 0 Å². The Balaban J connectivity index is 2.32. The molecule has 0 fully saturated rings. The molecule has 0 saturated carbocycles. The van der Waals surface area contributed by atoms with Crippen molar-refractivity contribution in [3.05, 3.63) is 54.2 Å². The Bertz CT molecular complexity index is 769. The molecule has 5 nitrogen and oxygen atoms in total. The van der Waals surface area contributed by atoms with Gasteiger partial charge in [0.15, 0.2) is 0 Å². The number of carbonyl (C=O) groups is 1. The van der Waals surface area contributed by atoms with Gasteiger partial charge in [0.2, 0.25) is 0 Å². The third-order valence-electron chi connectivity index (χ3n) is 2.75. The molecule has 0 radical (unpaired) electrons. The molecule has 94 valence electrons. The quantitative estimate of drug-likeness (QED) is 0.764. The smallest absolute Gasteiger partial charge is 0.354 e. The number of pyridine rings is 1. The van der Waals surface area contributed by atoms with Gasteiger partial charge in [-0.05, 0) is 30.3 Å². The zero-order chi connectivity index (χ0) is 13.4. The largest absolute Gasteiger partial charge is 0.477 e. The van der Waals surface area contributed by atoms with Crippen molar-refractivity contribution in [3.63, 3.8) is 0 Å². The average molecular weight is 257 g/mol. The van der Waals surface area contributed by atoms with E-state index in [1.54, 1.807) is 12.3 Å². The van der Waals surface area contributed by atoms with E-state index in [1.807, 2.05) is 0 Å². The summed E-state index contributed by atoms with van der Waals surface area (Å²) >= 11 is 0. The van der Waals surface area contributed by atoms with Crippen molar-refractivity contribution in [2.75, 3.05) is 0 Å². The number of halogens is 1. The number of nitrogens with zero attached hydrogens (tertiary/aromatic N) is 3. The first-order valence-electron chi connectivity index (χ1n) is 5.49. The molecule has 3 rings (SSSR count). The summed E-state index contributed by atoms with van der Waals surface area (Å²) in [4.78, 5) is 14.9. The van der Waals surface area contributed by atoms with Gasteiger partial charge < -0.3 is 5.11 Å². The van der Waals surface area contributed by atoms with Gasteiger partial charge in [-0.25, -0.2) is 18.9 Å². The molecular weight excluding hydrogens is 249 g/mol. The highest BCUT2D eigenvalue weighted by Crippen LogP contribution is 2.24. The molecule has 0 amide bonds. The Labute approximate surface area is 106 Å². The molecule has 6 heteroatoms. The van der Waals surface area contributed by atoms with E-state index >= 15 is 0 Å². The molecule has 0 atom stereocenters. The Hall–Kier alpha value is -2.76. The lowest BCUT2D eigenvalue weighted by Gasteiger charge is -2.08. The first-order chi connectivity index (χ1) is 9.16. The highest BCUT2D eigenvalue weighted by molar-refractivity contribution is 5.92. The van der Waals surface area contributed by atoms with Crippen molar-refractivity contribution >= 4 is 16.9 Å². The molecule has 1 aromatic carbocycles. The maximum atomic E-state index is 13.9. The first-order valence-corrected chi connectivity index (χ1v) is 5.49. The predicted molar refractivity (Wildman–Crippen MR) is 65.8 cm³/mol. The molecule has 2 aromatic heterocycles. The van der Waals surface area contributed by atoms with E-state index in [2.05, 4.69) is 10.1 Å². The molecule has 0 aliphatic carbocycles. The summed E-state index contributed by atoms with van der Waals surface area (Å²) in [6.07, 6.45) is 3.15. The van der Waals surface area contributed by atoms with E-state index in [-0.39, 0.29) is 11.4 Å². The van der Waals surface area contributed by atoms with Crippen LogP contribution in [-0.2, 0) is 0 Å². The normalized spacial score (nSPS) is 10.8. The van der Waals surface area contributed by atoms with E-state index in [0.29, 0.717) is 10.9 Å². The molecule has 0 bridgehead atoms. The van der Waals surface area contributed by atoms with Gasteiger partial charge >= 0.3 is 5.97 Å². The second kappa shape index (κ2) is 4.16. The molecule has 0 saturated heterocycles. The summed E-state index contributed by atoms with van der Waals surface area (Å²) < 4.78 is 15.3. The number of benzene rings is 1. The zero-order valence-electron chi connectivity index (χ0n) is 9.62. The lowest BCUT2D eigenvalue weighted by molar-refractivity contribution is 0.0691. The molecule has 0 spiro atoms. The number of rotatable bonds is 2. The van der Waals surface area contributed by atoms with Gasteiger partial charge in [0, 0.05) is 17.8 Å². The van der Waals surface area contributed by atoms with E-state index in [1.165, 1.54) is 35.1 Å². The monoisotopic (exact) mass is 257 g/mol. The van der Waals surface area contributed by atoms with Crippen LogP contribution in [0.1, 0.15) is 10.5 Å². The average Bonchev–Trinajstić information content (AvgIpc) is 2.91. The third-order valence-corrected chi connectivity index (χ3v) is 2.75. The Morgan fingerprint density at radius 3 is 2.79 bits per heavy atom. The Morgan fingerprint density at radius 2 is 2.11 bits per heavy atom. The van der Waals surface area contributed by atoms with Crippen LogP contribution in [-0.4, -0.2) is 25.8 Å². The van der Waals surface area contributed by atoms with Gasteiger partial charge in [0.05, 0.1) is 5.52 Å². The fourth-order valence-corrected chi connectivity index (χ4v) is 1.91. The van der Waals surface area contributed by atoms with Crippen LogP contribution in [0.5, 0.6) is 0 Å². The standard InChI is InChI=1S/C13H8FN3O2/c14-9-3-5-10-8(2-4-11(16-10)13(18)19)12(9)17-7-1-6-15-17/h1-7H,(H,18,19). The summed E-state index contributed by atoms with van der Waals surface area (Å²) in [5.74, 6) is -1.56. The molecule has 0 aliphatic rings. The molecule has 3 aromatic rings. The maximum absolute atomic E-state index is 13.9. The van der Waals surface area contributed by atoms with E-state index in [4.69, 9.17) is 5.11 Å². The van der Waals surface area contributed by atoms with Gasteiger partial charge in [-0.1, -0.05) is 0 Å². The summed E-state index contributed by atoms with van der Waals surface area (Å²) in [6.45, 7) is 0. The topological polar surface area (TPSA) is 68.0 Å². The fourth-order valence-electron chi connectivity index (χ4n) is 1.91. The number of fused-ring (bicyclic) bond motifs is 1. The molecule has 19 heavy (non-hydrogen) atoms. The fraction of sp³-hybridized carbons (Fsp3) is 0. The number of aromatic carboxylic acids is 1. The number of hydrogen-bond acceptors (Lipinski definition) is 3. The highest BCUT2D eigenvalue weighted by atomic mass is 19.1. The predicted octanol–water partition coefficient (Wildman–Crippen LogP) is 2.26. The molecule has 2 heterocycles. The number of aromatic nitrogens is 3. The van der Waals surface area contributed by atoms with Crippen LogP contribution in [0.2, 0.25) is 0 Å². The summed E-state index contributed by atoms with van der Waals surface area (Å²) in [7, 11) is 0. The first kappa shape index (κ1) is 11.3. The Morgan fingerprint density at radius 1 is 1.26 bits per heavy atom. The van der Waals surface area contributed by atoms with Gasteiger partial charge in [-0.3, -0.25) is 0 Å². The van der Waals surface area contributed by atoms with Crippen molar-refractivity contribution < 1.29 is 14.3 Å². The minimum absolute atomic E-state index is 0.0782. The van der Waals surface area contributed by atoms with Gasteiger partial charge in [-0.15, -0.1) is 0 Å². The van der Waals surface area contributed by atoms with Crippen molar-refractivity contribution in [2.45, 2.75) is 0 Å². The van der Waals surface area contributed by atoms with Crippen LogP contribution in [0.4, 0.5) is 4.39 Å². The Kier molecular flexibility index (Phi) is 2.49. The van der Waals surface area contributed by atoms with Gasteiger partial charge in [-0.2, -0.15) is 5.10 Å². The lowest BCUT2D eigenvalue weighted by atomic mass is 10.1. The van der Waals surface area contributed by atoms with Crippen LogP contribution in [0, 0.1) is 5.82 Å². The van der Waals surface area contributed by atoms with E-state index in [0.717, 1.165) is 0 Å². The lowest BCUT2D eigenvalue weighted by Crippen LogP contribution is -2.03. The van der Waals surface area contributed by atoms with Crippen LogP contribution >= 0.6 is 0 Å². The SMILES string of the molecule is O=C(O)c1ccc2c(-n3cccn3)c(F)ccc2n1. The summed E-state index contributed by atoms with van der Waals surface area (Å²) in [5, 5.41) is 13.4. The number of hydrogen-bond donors (Lipinski definition) is 1. The van der Waals surface area contributed by atoms with Crippen LogP contribution in [0.15, 0.2) is 42.7 Å². The minimum atomic E-state index is -1.12. The molecule has 0 aliphatic heterocycles. The van der Waals surface area contributed by atoms with E-state index in [9.17, 15) is 9.18 Å². The van der Waals surface area contributed by atoms with Crippen molar-refractivity contribution in [3.8, 4) is 5.69 Å². The second-order valence-corrected chi connectivity index (χ2v) is 3.91. The van der Waals surface area contributed by atoms with Crippen LogP contribution in [0.25, 0.3) is 16.6 Å². The van der Waals surface area contributed by atoms with E-state index < -0.39 is 11.8 Å².